The molecule has 1 unspecified atom stereocenters. The summed E-state index contributed by atoms with van der Waals surface area (Å²) in [5.41, 5.74) is 7.11. The zero-order valence-electron chi connectivity index (χ0n) is 12.3. The first-order valence-electron chi connectivity index (χ1n) is 6.43. The van der Waals surface area contributed by atoms with E-state index < -0.39 is 15.6 Å². The number of hydrogen-bond acceptors (Lipinski definition) is 3. The molecule has 1 atom stereocenters. The predicted molar refractivity (Wildman–Crippen MR) is 78.5 cm³/mol. The standard InChI is InChI=1S/C14H24N2O2S/c1-10(2)14(5,9-15)16-19(17,18)13-7-6-11(3)12(4)8-13/h6-8,10,16H,9,15H2,1-5H3. The molecule has 1 aromatic carbocycles. The van der Waals surface area contributed by atoms with Crippen molar-refractivity contribution in [3.05, 3.63) is 29.3 Å². The SMILES string of the molecule is Cc1ccc(S(=O)(=O)NC(C)(CN)C(C)C)cc1C. The number of hydrogen-bond donors (Lipinski definition) is 2. The van der Waals surface area contributed by atoms with Crippen LogP contribution < -0.4 is 10.5 Å². The summed E-state index contributed by atoms with van der Waals surface area (Å²) in [5, 5.41) is 0. The molecule has 19 heavy (non-hydrogen) atoms. The second kappa shape index (κ2) is 5.61. The van der Waals surface area contributed by atoms with Gasteiger partial charge in [-0.05, 0) is 49.9 Å². The molecule has 0 radical (unpaired) electrons. The normalized spacial score (nSPS) is 15.5. The maximum absolute atomic E-state index is 12.4. The van der Waals surface area contributed by atoms with E-state index in [9.17, 15) is 8.42 Å². The van der Waals surface area contributed by atoms with Gasteiger partial charge in [0.05, 0.1) is 4.90 Å². The lowest BCUT2D eigenvalue weighted by molar-refractivity contribution is 0.315. The van der Waals surface area contributed by atoms with E-state index in [1.165, 1.54) is 0 Å². The van der Waals surface area contributed by atoms with Crippen molar-refractivity contribution in [2.75, 3.05) is 6.54 Å². The predicted octanol–water partition coefficient (Wildman–Crippen LogP) is 1.96. The van der Waals surface area contributed by atoms with E-state index in [2.05, 4.69) is 4.72 Å². The van der Waals surface area contributed by atoms with Crippen molar-refractivity contribution in [3.63, 3.8) is 0 Å². The van der Waals surface area contributed by atoms with Crippen LogP contribution in [0.3, 0.4) is 0 Å². The van der Waals surface area contributed by atoms with Crippen LogP contribution in [0.4, 0.5) is 0 Å². The van der Waals surface area contributed by atoms with Crippen molar-refractivity contribution in [2.24, 2.45) is 11.7 Å². The monoisotopic (exact) mass is 284 g/mol. The molecule has 4 nitrogen and oxygen atoms in total. The van der Waals surface area contributed by atoms with Gasteiger partial charge < -0.3 is 5.73 Å². The van der Waals surface area contributed by atoms with Gasteiger partial charge in [0.25, 0.3) is 0 Å². The van der Waals surface area contributed by atoms with Crippen LogP contribution in [-0.2, 0) is 10.0 Å². The maximum Gasteiger partial charge on any atom is 0.241 e. The molecule has 0 saturated carbocycles. The molecule has 1 rings (SSSR count). The smallest absolute Gasteiger partial charge is 0.241 e. The molecule has 108 valence electrons. The van der Waals surface area contributed by atoms with Crippen LogP contribution in [0.25, 0.3) is 0 Å². The Kier molecular flexibility index (Phi) is 4.76. The fourth-order valence-corrected chi connectivity index (χ4v) is 3.27. The summed E-state index contributed by atoms with van der Waals surface area (Å²) in [5.74, 6) is 0.110. The Balaban J connectivity index is 3.14. The summed E-state index contributed by atoms with van der Waals surface area (Å²) < 4.78 is 27.5. The van der Waals surface area contributed by atoms with E-state index in [-0.39, 0.29) is 17.4 Å². The van der Waals surface area contributed by atoms with E-state index in [0.29, 0.717) is 0 Å². The third kappa shape index (κ3) is 3.55. The number of nitrogens with two attached hydrogens (primary N) is 1. The molecule has 0 aliphatic carbocycles. The summed E-state index contributed by atoms with van der Waals surface area (Å²) in [6.45, 7) is 9.85. The molecule has 0 aromatic heterocycles. The molecule has 0 spiro atoms. The highest BCUT2D eigenvalue weighted by Crippen LogP contribution is 2.21. The highest BCUT2D eigenvalue weighted by atomic mass is 32.2. The van der Waals surface area contributed by atoms with Gasteiger partial charge in [0, 0.05) is 12.1 Å². The topological polar surface area (TPSA) is 72.2 Å². The van der Waals surface area contributed by atoms with Gasteiger partial charge in [-0.2, -0.15) is 0 Å². The van der Waals surface area contributed by atoms with Crippen molar-refractivity contribution < 1.29 is 8.42 Å². The summed E-state index contributed by atoms with van der Waals surface area (Å²) >= 11 is 0. The minimum atomic E-state index is -3.54. The second-order valence-corrected chi connectivity index (χ2v) is 7.31. The van der Waals surface area contributed by atoms with Gasteiger partial charge in [0.1, 0.15) is 0 Å². The largest absolute Gasteiger partial charge is 0.329 e. The Labute approximate surface area is 116 Å². The number of rotatable bonds is 5. The van der Waals surface area contributed by atoms with Crippen molar-refractivity contribution in [3.8, 4) is 0 Å². The number of nitrogens with one attached hydrogen (secondary N) is 1. The average molecular weight is 284 g/mol. The van der Waals surface area contributed by atoms with Crippen LogP contribution in [0, 0.1) is 19.8 Å². The van der Waals surface area contributed by atoms with Crippen LogP contribution in [0.2, 0.25) is 0 Å². The quantitative estimate of drug-likeness (QED) is 0.868. The summed E-state index contributed by atoms with van der Waals surface area (Å²) in [7, 11) is -3.54. The first-order chi connectivity index (χ1) is 8.62. The highest BCUT2D eigenvalue weighted by molar-refractivity contribution is 7.89. The average Bonchev–Trinajstić information content (AvgIpc) is 2.31. The molecule has 0 heterocycles. The Hall–Kier alpha value is -0.910. The molecular formula is C14H24N2O2S. The molecule has 1 aromatic rings. The van der Waals surface area contributed by atoms with Crippen LogP contribution in [0.1, 0.15) is 31.9 Å². The number of benzene rings is 1. The van der Waals surface area contributed by atoms with Gasteiger partial charge >= 0.3 is 0 Å². The molecule has 0 aliphatic heterocycles. The van der Waals surface area contributed by atoms with Crippen LogP contribution in [0.15, 0.2) is 23.1 Å². The van der Waals surface area contributed by atoms with Gasteiger partial charge in [-0.3, -0.25) is 0 Å². The number of aryl methyl sites for hydroxylation is 2. The fourth-order valence-electron chi connectivity index (χ4n) is 1.64. The lowest BCUT2D eigenvalue weighted by Crippen LogP contribution is -2.54. The minimum absolute atomic E-state index is 0.110. The van der Waals surface area contributed by atoms with Gasteiger partial charge in [-0.1, -0.05) is 19.9 Å². The van der Waals surface area contributed by atoms with Crippen LogP contribution >= 0.6 is 0 Å². The summed E-state index contributed by atoms with van der Waals surface area (Å²) in [6, 6.07) is 5.13. The van der Waals surface area contributed by atoms with E-state index in [1.54, 1.807) is 12.1 Å². The van der Waals surface area contributed by atoms with Crippen molar-refractivity contribution in [2.45, 2.75) is 45.1 Å². The molecule has 0 amide bonds. The first kappa shape index (κ1) is 16.1. The summed E-state index contributed by atoms with van der Waals surface area (Å²) in [4.78, 5) is 0.288. The Bertz CT molecular complexity index is 553. The van der Waals surface area contributed by atoms with Gasteiger partial charge in [0.15, 0.2) is 0 Å². The zero-order chi connectivity index (χ0) is 14.8. The second-order valence-electron chi connectivity index (χ2n) is 5.63. The Morgan fingerprint density at radius 1 is 1.26 bits per heavy atom. The molecule has 0 aliphatic rings. The van der Waals surface area contributed by atoms with E-state index in [4.69, 9.17) is 5.73 Å². The Morgan fingerprint density at radius 2 is 1.84 bits per heavy atom. The molecular weight excluding hydrogens is 260 g/mol. The van der Waals surface area contributed by atoms with Crippen LogP contribution in [-0.4, -0.2) is 20.5 Å². The van der Waals surface area contributed by atoms with Gasteiger partial charge in [-0.25, -0.2) is 13.1 Å². The van der Waals surface area contributed by atoms with Crippen molar-refractivity contribution in [1.29, 1.82) is 0 Å². The lowest BCUT2D eigenvalue weighted by atomic mass is 9.90. The maximum atomic E-state index is 12.4. The van der Waals surface area contributed by atoms with Gasteiger partial charge in [-0.15, -0.1) is 0 Å². The zero-order valence-corrected chi connectivity index (χ0v) is 13.1. The molecule has 5 heteroatoms. The summed E-state index contributed by atoms with van der Waals surface area (Å²) in [6.07, 6.45) is 0. The molecule has 3 N–H and O–H groups in total. The van der Waals surface area contributed by atoms with Crippen molar-refractivity contribution in [1.82, 2.24) is 4.72 Å². The minimum Gasteiger partial charge on any atom is -0.329 e. The third-order valence-corrected chi connectivity index (χ3v) is 5.46. The third-order valence-electron chi connectivity index (χ3n) is 3.85. The molecule has 0 fully saturated rings. The van der Waals surface area contributed by atoms with Crippen LogP contribution in [0.5, 0.6) is 0 Å². The fraction of sp³-hybridized carbons (Fsp3) is 0.571. The van der Waals surface area contributed by atoms with Gasteiger partial charge in [0.2, 0.25) is 10.0 Å². The van der Waals surface area contributed by atoms with E-state index in [1.807, 2.05) is 40.7 Å². The van der Waals surface area contributed by atoms with E-state index in [0.717, 1.165) is 11.1 Å². The van der Waals surface area contributed by atoms with E-state index >= 15 is 0 Å². The first-order valence-corrected chi connectivity index (χ1v) is 7.92. The molecule has 0 bridgehead atoms. The highest BCUT2D eigenvalue weighted by Gasteiger charge is 2.32. The Morgan fingerprint density at radius 3 is 2.26 bits per heavy atom. The number of sulfonamides is 1. The lowest BCUT2D eigenvalue weighted by Gasteiger charge is -2.33. The molecule has 0 saturated heterocycles. The van der Waals surface area contributed by atoms with Crippen molar-refractivity contribution >= 4 is 10.0 Å².